The van der Waals surface area contributed by atoms with E-state index in [-0.39, 0.29) is 5.91 Å². The number of rotatable bonds is 6. The van der Waals surface area contributed by atoms with E-state index in [0.29, 0.717) is 11.9 Å². The third-order valence-electron chi connectivity index (χ3n) is 2.89. The smallest absolute Gasteiger partial charge is 0.429 e. The molecular weight excluding hydrogens is 217 g/mol. The Morgan fingerprint density at radius 2 is 2.12 bits per heavy atom. The molecule has 96 valence electrons. The minimum atomic E-state index is -0.980. The molecule has 0 aliphatic carbocycles. The Hall–Kier alpha value is -1.07. The fourth-order valence-corrected chi connectivity index (χ4v) is 1.54. The van der Waals surface area contributed by atoms with Crippen LogP contribution in [0.25, 0.3) is 0 Å². The Kier molecular flexibility index (Phi) is 6.84. The summed E-state index contributed by atoms with van der Waals surface area (Å²) < 4.78 is 0. The van der Waals surface area contributed by atoms with Crippen LogP contribution in [0.1, 0.15) is 27.2 Å². The molecule has 5 heteroatoms. The van der Waals surface area contributed by atoms with E-state index in [9.17, 15) is 14.9 Å². The van der Waals surface area contributed by atoms with Crippen molar-refractivity contribution in [2.45, 2.75) is 33.3 Å². The van der Waals surface area contributed by atoms with E-state index in [1.807, 2.05) is 6.92 Å². The van der Waals surface area contributed by atoms with Crippen molar-refractivity contribution in [3.63, 3.8) is 0 Å². The Balaban J connectivity index is 4.70. The van der Waals surface area contributed by atoms with Gasteiger partial charge in [0.25, 0.3) is 0 Å². The van der Waals surface area contributed by atoms with Crippen LogP contribution in [0, 0.1) is 5.92 Å². The third-order valence-corrected chi connectivity index (χ3v) is 2.89. The monoisotopic (exact) mass is 239 g/mol. The van der Waals surface area contributed by atoms with Crippen LogP contribution in [0.2, 0.25) is 0 Å². The number of aliphatic hydroxyl groups excluding tert-OH is 1. The molecule has 4 nitrogen and oxygen atoms in total. The van der Waals surface area contributed by atoms with E-state index in [2.05, 4.69) is 6.58 Å². The molecule has 0 rings (SSSR count). The molecule has 0 spiro atoms. The third kappa shape index (κ3) is 4.36. The van der Waals surface area contributed by atoms with E-state index in [1.165, 1.54) is 11.9 Å². The molecule has 0 radical (unpaired) electrons. The van der Waals surface area contributed by atoms with Gasteiger partial charge < -0.3 is 14.9 Å². The van der Waals surface area contributed by atoms with Crippen molar-refractivity contribution < 1.29 is 14.9 Å². The second kappa shape index (κ2) is 7.30. The zero-order chi connectivity index (χ0) is 13.6. The largest absolute Gasteiger partial charge is 0.446 e. The summed E-state index contributed by atoms with van der Waals surface area (Å²) in [5, 5.41) is 19.5. The van der Waals surface area contributed by atoms with Crippen LogP contribution in [-0.4, -0.2) is 41.1 Å². The molecular formula is C12H22BNO3. The van der Waals surface area contributed by atoms with Crippen molar-refractivity contribution in [2.24, 2.45) is 5.92 Å². The zero-order valence-electron chi connectivity index (χ0n) is 11.1. The number of hydrogen-bond acceptors (Lipinski definition) is 3. The minimum absolute atomic E-state index is 0.274. The van der Waals surface area contributed by atoms with E-state index < -0.39 is 19.1 Å². The summed E-state index contributed by atoms with van der Waals surface area (Å²) in [6.07, 6.45) is 3.04. The average molecular weight is 239 g/mol. The summed E-state index contributed by atoms with van der Waals surface area (Å²) in [5.74, 6) is -0.792. The molecule has 0 saturated heterocycles. The van der Waals surface area contributed by atoms with Crippen molar-refractivity contribution >= 4 is 13.0 Å². The van der Waals surface area contributed by atoms with E-state index in [0.717, 1.165) is 0 Å². The summed E-state index contributed by atoms with van der Waals surface area (Å²) in [6, 6.07) is 0. The van der Waals surface area contributed by atoms with Gasteiger partial charge in [-0.2, -0.15) is 0 Å². The van der Waals surface area contributed by atoms with Crippen LogP contribution in [-0.2, 0) is 4.79 Å². The lowest BCUT2D eigenvalue weighted by molar-refractivity contribution is -0.133. The first kappa shape index (κ1) is 15.9. The molecule has 0 saturated carbocycles. The fourth-order valence-electron chi connectivity index (χ4n) is 1.54. The Labute approximate surface area is 104 Å². The van der Waals surface area contributed by atoms with Crippen LogP contribution >= 0.6 is 0 Å². The van der Waals surface area contributed by atoms with E-state index in [4.69, 9.17) is 0 Å². The standard InChI is InChI=1S/C12H22BNO3/c1-6-8-9(3)13(17)14(5)12(16)10(4)11(15)7-2/h6,8,10-11,15,17H,1,7H2,2-5H3/b9-8+. The lowest BCUT2D eigenvalue weighted by Gasteiger charge is -2.26. The molecule has 0 fully saturated rings. The van der Waals surface area contributed by atoms with Crippen molar-refractivity contribution in [3.05, 3.63) is 24.2 Å². The van der Waals surface area contributed by atoms with Gasteiger partial charge in [-0.1, -0.05) is 38.1 Å². The minimum Gasteiger partial charge on any atom is -0.429 e. The SMILES string of the molecule is C=C/C=C(\C)B(O)N(C)C(=O)C(C)C(O)CC. The fraction of sp³-hybridized carbons (Fsp3) is 0.583. The number of aliphatic hydroxyl groups is 1. The zero-order valence-corrected chi connectivity index (χ0v) is 11.1. The molecule has 0 aliphatic rings. The summed E-state index contributed by atoms with van der Waals surface area (Å²) in [7, 11) is 0.541. The first-order chi connectivity index (χ1) is 7.86. The van der Waals surface area contributed by atoms with Gasteiger partial charge in [-0.25, -0.2) is 0 Å². The number of carbonyl (C=O) groups is 1. The van der Waals surface area contributed by atoms with Crippen LogP contribution in [0.5, 0.6) is 0 Å². The van der Waals surface area contributed by atoms with Crippen molar-refractivity contribution in [2.75, 3.05) is 7.05 Å². The van der Waals surface area contributed by atoms with Crippen molar-refractivity contribution in [1.29, 1.82) is 0 Å². The summed E-state index contributed by atoms with van der Waals surface area (Å²) in [6.45, 7) is 8.72. The van der Waals surface area contributed by atoms with Gasteiger partial charge in [-0.15, -0.1) is 0 Å². The van der Waals surface area contributed by atoms with Crippen molar-refractivity contribution in [1.82, 2.24) is 4.81 Å². The van der Waals surface area contributed by atoms with Crippen molar-refractivity contribution in [3.8, 4) is 0 Å². The van der Waals surface area contributed by atoms with Crippen LogP contribution in [0.3, 0.4) is 0 Å². The van der Waals surface area contributed by atoms with Gasteiger partial charge in [0.1, 0.15) is 0 Å². The number of hydrogen-bond donors (Lipinski definition) is 2. The van der Waals surface area contributed by atoms with Gasteiger partial charge in [-0.05, 0) is 20.4 Å². The quantitative estimate of drug-likeness (QED) is 0.537. The molecule has 0 heterocycles. The number of amides is 1. The van der Waals surface area contributed by atoms with Gasteiger partial charge in [0, 0.05) is 0 Å². The van der Waals surface area contributed by atoms with Crippen LogP contribution < -0.4 is 0 Å². The van der Waals surface area contributed by atoms with Gasteiger partial charge >= 0.3 is 7.05 Å². The lowest BCUT2D eigenvalue weighted by atomic mass is 9.71. The Bertz CT molecular complexity index is 304. The van der Waals surface area contributed by atoms with E-state index in [1.54, 1.807) is 26.0 Å². The normalized spacial score (nSPS) is 15.1. The van der Waals surface area contributed by atoms with Gasteiger partial charge in [-0.3, -0.25) is 4.79 Å². The number of carbonyl (C=O) groups excluding carboxylic acids is 1. The average Bonchev–Trinajstić information content (AvgIpc) is 2.34. The molecule has 2 N–H and O–H groups in total. The van der Waals surface area contributed by atoms with Gasteiger partial charge in [0.2, 0.25) is 5.91 Å². The molecule has 2 atom stereocenters. The molecule has 1 amide bonds. The Morgan fingerprint density at radius 1 is 1.59 bits per heavy atom. The predicted octanol–water partition coefficient (Wildman–Crippen LogP) is 1.00. The molecule has 0 aromatic carbocycles. The molecule has 17 heavy (non-hydrogen) atoms. The first-order valence-electron chi connectivity index (χ1n) is 5.78. The maximum Gasteiger partial charge on any atom is 0.446 e. The number of nitrogens with zero attached hydrogens (tertiary/aromatic N) is 1. The lowest BCUT2D eigenvalue weighted by Crippen LogP contribution is -2.46. The highest BCUT2D eigenvalue weighted by Crippen LogP contribution is 2.12. The van der Waals surface area contributed by atoms with Gasteiger partial charge in [0.15, 0.2) is 0 Å². The summed E-state index contributed by atoms with van der Waals surface area (Å²) >= 11 is 0. The second-order valence-electron chi connectivity index (χ2n) is 4.23. The van der Waals surface area contributed by atoms with E-state index >= 15 is 0 Å². The second-order valence-corrected chi connectivity index (χ2v) is 4.23. The highest BCUT2D eigenvalue weighted by Gasteiger charge is 2.30. The Morgan fingerprint density at radius 3 is 2.53 bits per heavy atom. The molecule has 0 aliphatic heterocycles. The number of allylic oxidation sites excluding steroid dienone is 3. The highest BCUT2D eigenvalue weighted by molar-refractivity contribution is 6.58. The van der Waals surface area contributed by atoms with Gasteiger partial charge in [0.05, 0.1) is 12.0 Å². The summed E-state index contributed by atoms with van der Waals surface area (Å²) in [5.41, 5.74) is 0.633. The predicted molar refractivity (Wildman–Crippen MR) is 70.2 cm³/mol. The topological polar surface area (TPSA) is 60.8 Å². The molecule has 2 unspecified atom stereocenters. The summed E-state index contributed by atoms with van der Waals surface area (Å²) in [4.78, 5) is 13.2. The first-order valence-corrected chi connectivity index (χ1v) is 5.78. The maximum absolute atomic E-state index is 11.9. The maximum atomic E-state index is 11.9. The van der Waals surface area contributed by atoms with Crippen LogP contribution in [0.15, 0.2) is 24.2 Å². The molecule has 0 aromatic rings. The highest BCUT2D eigenvalue weighted by atomic mass is 16.3. The molecule has 0 bridgehead atoms. The molecule has 0 aromatic heterocycles. The van der Waals surface area contributed by atoms with Crippen LogP contribution in [0.4, 0.5) is 0 Å².